The zero-order valence-electron chi connectivity index (χ0n) is 12.4. The van der Waals surface area contributed by atoms with Gasteiger partial charge in [0.15, 0.2) is 0 Å². The molecule has 0 saturated heterocycles. The van der Waals surface area contributed by atoms with E-state index in [2.05, 4.69) is 5.10 Å². The van der Waals surface area contributed by atoms with Gasteiger partial charge in [-0.25, -0.2) is 8.42 Å². The fourth-order valence-electron chi connectivity index (χ4n) is 2.69. The molecule has 0 fully saturated rings. The van der Waals surface area contributed by atoms with Gasteiger partial charge in [0.2, 0.25) is 10.0 Å². The van der Waals surface area contributed by atoms with Crippen LogP contribution in [0.4, 0.5) is 0 Å². The SMILES string of the molecule is CC1c2ccsc2CCN1S(=O)(=O)c1cnn(C(C)C)c1. The normalized spacial score (nSPS) is 19.9. The van der Waals surface area contributed by atoms with E-state index >= 15 is 0 Å². The van der Waals surface area contributed by atoms with Gasteiger partial charge >= 0.3 is 0 Å². The molecule has 0 aromatic carbocycles. The zero-order chi connectivity index (χ0) is 15.2. The monoisotopic (exact) mass is 325 g/mol. The second kappa shape index (κ2) is 5.23. The number of rotatable bonds is 3. The van der Waals surface area contributed by atoms with E-state index in [1.54, 1.807) is 26.5 Å². The first kappa shape index (κ1) is 14.7. The zero-order valence-corrected chi connectivity index (χ0v) is 14.0. The average molecular weight is 325 g/mol. The van der Waals surface area contributed by atoms with Crippen LogP contribution in [0.25, 0.3) is 0 Å². The molecule has 0 saturated carbocycles. The number of aromatic nitrogens is 2. The van der Waals surface area contributed by atoms with Crippen LogP contribution in [0, 0.1) is 0 Å². The van der Waals surface area contributed by atoms with E-state index in [0.29, 0.717) is 6.54 Å². The molecule has 1 aliphatic rings. The summed E-state index contributed by atoms with van der Waals surface area (Å²) in [6, 6.07) is 2.06. The number of hydrogen-bond acceptors (Lipinski definition) is 4. The van der Waals surface area contributed by atoms with Crippen LogP contribution in [0.2, 0.25) is 0 Å². The van der Waals surface area contributed by atoms with Crippen molar-refractivity contribution in [2.45, 2.75) is 44.2 Å². The molecular formula is C14H19N3O2S2. The largest absolute Gasteiger partial charge is 0.269 e. The average Bonchev–Trinajstić information content (AvgIpc) is 3.08. The fraction of sp³-hybridized carbons (Fsp3) is 0.500. The van der Waals surface area contributed by atoms with Crippen molar-refractivity contribution in [3.63, 3.8) is 0 Å². The Hall–Kier alpha value is -1.18. The highest BCUT2D eigenvalue weighted by Gasteiger charge is 2.35. The molecule has 5 nitrogen and oxygen atoms in total. The molecule has 3 rings (SSSR count). The molecule has 114 valence electrons. The lowest BCUT2D eigenvalue weighted by atomic mass is 10.0. The van der Waals surface area contributed by atoms with Gasteiger partial charge in [0, 0.05) is 29.7 Å². The summed E-state index contributed by atoms with van der Waals surface area (Å²) in [4.78, 5) is 1.58. The van der Waals surface area contributed by atoms with Gasteiger partial charge in [-0.2, -0.15) is 9.40 Å². The molecular weight excluding hydrogens is 306 g/mol. The maximum atomic E-state index is 12.8. The first-order valence-corrected chi connectivity index (χ1v) is 9.35. The predicted octanol–water partition coefficient (Wildman–Crippen LogP) is 2.83. The van der Waals surface area contributed by atoms with Crippen molar-refractivity contribution in [3.8, 4) is 0 Å². The van der Waals surface area contributed by atoms with Gasteiger partial charge in [-0.05, 0) is 44.2 Å². The quantitative estimate of drug-likeness (QED) is 0.872. The molecule has 0 radical (unpaired) electrons. The van der Waals surface area contributed by atoms with Gasteiger partial charge in [0.05, 0.1) is 6.20 Å². The highest BCUT2D eigenvalue weighted by molar-refractivity contribution is 7.89. The highest BCUT2D eigenvalue weighted by atomic mass is 32.2. The second-order valence-corrected chi connectivity index (χ2v) is 8.48. The predicted molar refractivity (Wildman–Crippen MR) is 82.9 cm³/mol. The lowest BCUT2D eigenvalue weighted by molar-refractivity contribution is 0.329. The number of nitrogens with zero attached hydrogens (tertiary/aromatic N) is 3. The lowest BCUT2D eigenvalue weighted by Gasteiger charge is -2.32. The summed E-state index contributed by atoms with van der Waals surface area (Å²) in [5.41, 5.74) is 1.13. The van der Waals surface area contributed by atoms with E-state index in [-0.39, 0.29) is 17.0 Å². The van der Waals surface area contributed by atoms with Crippen molar-refractivity contribution < 1.29 is 8.42 Å². The molecule has 21 heavy (non-hydrogen) atoms. The third kappa shape index (κ3) is 2.43. The minimum atomic E-state index is -3.49. The first-order valence-electron chi connectivity index (χ1n) is 7.03. The molecule has 1 aliphatic heterocycles. The minimum Gasteiger partial charge on any atom is -0.269 e. The van der Waals surface area contributed by atoms with Crippen LogP contribution < -0.4 is 0 Å². The lowest BCUT2D eigenvalue weighted by Crippen LogP contribution is -2.38. The molecule has 2 aromatic rings. The van der Waals surface area contributed by atoms with E-state index in [4.69, 9.17) is 0 Å². The van der Waals surface area contributed by atoms with Crippen LogP contribution >= 0.6 is 11.3 Å². The highest BCUT2D eigenvalue weighted by Crippen LogP contribution is 2.36. The van der Waals surface area contributed by atoms with E-state index in [9.17, 15) is 8.42 Å². The van der Waals surface area contributed by atoms with Gasteiger partial charge in [-0.15, -0.1) is 11.3 Å². The molecule has 0 spiro atoms. The van der Waals surface area contributed by atoms with Crippen molar-refractivity contribution in [2.24, 2.45) is 0 Å². The summed E-state index contributed by atoms with van der Waals surface area (Å²) in [7, 11) is -3.49. The van der Waals surface area contributed by atoms with E-state index < -0.39 is 10.0 Å². The Morgan fingerprint density at radius 2 is 2.19 bits per heavy atom. The maximum Gasteiger partial charge on any atom is 0.246 e. The van der Waals surface area contributed by atoms with Crippen molar-refractivity contribution in [1.82, 2.24) is 14.1 Å². The Bertz CT molecular complexity index is 746. The molecule has 0 bridgehead atoms. The van der Waals surface area contributed by atoms with Crippen LogP contribution in [-0.2, 0) is 16.4 Å². The maximum absolute atomic E-state index is 12.8. The van der Waals surface area contributed by atoms with Crippen molar-refractivity contribution >= 4 is 21.4 Å². The topological polar surface area (TPSA) is 55.2 Å². The van der Waals surface area contributed by atoms with E-state index in [0.717, 1.165) is 12.0 Å². The Morgan fingerprint density at radius 3 is 2.86 bits per heavy atom. The molecule has 1 atom stereocenters. The smallest absolute Gasteiger partial charge is 0.246 e. The molecule has 2 aromatic heterocycles. The van der Waals surface area contributed by atoms with Crippen molar-refractivity contribution in [3.05, 3.63) is 34.3 Å². The minimum absolute atomic E-state index is 0.118. The van der Waals surface area contributed by atoms with Crippen LogP contribution in [0.15, 0.2) is 28.7 Å². The standard InChI is InChI=1S/C14H19N3O2S2/c1-10(2)16-9-12(8-15-16)21(18,19)17-6-4-14-13(11(17)3)5-7-20-14/h5,7-11H,4,6H2,1-3H3. The summed E-state index contributed by atoms with van der Waals surface area (Å²) in [6.07, 6.45) is 3.86. The van der Waals surface area contributed by atoms with Gasteiger partial charge in [-0.1, -0.05) is 0 Å². The summed E-state index contributed by atoms with van der Waals surface area (Å²) in [5, 5.41) is 6.18. The van der Waals surface area contributed by atoms with Gasteiger partial charge in [-0.3, -0.25) is 4.68 Å². The molecule has 3 heterocycles. The third-order valence-electron chi connectivity index (χ3n) is 3.93. The van der Waals surface area contributed by atoms with Crippen LogP contribution in [0.1, 0.15) is 43.3 Å². The third-order valence-corrected chi connectivity index (χ3v) is 6.85. The van der Waals surface area contributed by atoms with Crippen LogP contribution in [-0.4, -0.2) is 29.0 Å². The molecule has 1 unspecified atom stereocenters. The Balaban J connectivity index is 1.95. The number of hydrogen-bond donors (Lipinski definition) is 0. The summed E-state index contributed by atoms with van der Waals surface area (Å²) in [5.74, 6) is 0. The summed E-state index contributed by atoms with van der Waals surface area (Å²) >= 11 is 1.71. The number of sulfonamides is 1. The first-order chi connectivity index (χ1) is 9.91. The van der Waals surface area contributed by atoms with Crippen LogP contribution in [0.5, 0.6) is 0 Å². The van der Waals surface area contributed by atoms with Crippen molar-refractivity contribution in [1.29, 1.82) is 0 Å². The van der Waals surface area contributed by atoms with Crippen molar-refractivity contribution in [2.75, 3.05) is 6.54 Å². The van der Waals surface area contributed by atoms with Gasteiger partial charge < -0.3 is 0 Å². The van der Waals surface area contributed by atoms with Crippen LogP contribution in [0.3, 0.4) is 0 Å². The summed E-state index contributed by atoms with van der Waals surface area (Å²) < 4.78 is 28.9. The summed E-state index contributed by atoms with van der Waals surface area (Å²) in [6.45, 7) is 6.44. The molecule has 0 aliphatic carbocycles. The Kier molecular flexibility index (Phi) is 3.67. The fourth-order valence-corrected chi connectivity index (χ4v) is 5.20. The Labute approximate surface area is 129 Å². The number of fused-ring (bicyclic) bond motifs is 1. The van der Waals surface area contributed by atoms with E-state index in [1.807, 2.05) is 32.2 Å². The second-order valence-electron chi connectivity index (χ2n) is 5.59. The number of thiophene rings is 1. The Morgan fingerprint density at radius 1 is 1.43 bits per heavy atom. The van der Waals surface area contributed by atoms with E-state index in [1.165, 1.54) is 11.1 Å². The van der Waals surface area contributed by atoms with Gasteiger partial charge in [0.1, 0.15) is 4.90 Å². The molecule has 7 heteroatoms. The molecule has 0 N–H and O–H groups in total. The molecule has 0 amide bonds. The van der Waals surface area contributed by atoms with Gasteiger partial charge in [0.25, 0.3) is 0 Å².